The zero-order chi connectivity index (χ0) is 12.0. The molecule has 94 valence electrons. The highest BCUT2D eigenvalue weighted by Crippen LogP contribution is 2.05. The SMILES string of the molecule is CC(C)C[C@H](N)C(=O)NCCN1CCCC1. The molecule has 1 amide bonds. The minimum Gasteiger partial charge on any atom is -0.353 e. The molecule has 1 aliphatic heterocycles. The Kier molecular flexibility index (Phi) is 5.77. The Morgan fingerprint density at radius 1 is 1.38 bits per heavy atom. The molecular formula is C12H25N3O. The Bertz CT molecular complexity index is 212. The number of hydrogen-bond donors (Lipinski definition) is 2. The number of likely N-dealkylation sites (tertiary alicyclic amines) is 1. The van der Waals surface area contributed by atoms with Gasteiger partial charge < -0.3 is 16.0 Å². The number of amides is 1. The van der Waals surface area contributed by atoms with Crippen molar-refractivity contribution in [2.45, 2.75) is 39.2 Å². The molecule has 0 bridgehead atoms. The molecule has 0 saturated carbocycles. The van der Waals surface area contributed by atoms with Crippen LogP contribution in [0, 0.1) is 5.92 Å². The Labute approximate surface area is 98.6 Å². The van der Waals surface area contributed by atoms with E-state index in [4.69, 9.17) is 5.73 Å². The quantitative estimate of drug-likeness (QED) is 0.697. The highest BCUT2D eigenvalue weighted by Gasteiger charge is 2.15. The second-order valence-corrected chi connectivity index (χ2v) is 5.08. The van der Waals surface area contributed by atoms with E-state index in [1.165, 1.54) is 25.9 Å². The second kappa shape index (κ2) is 6.86. The highest BCUT2D eigenvalue weighted by atomic mass is 16.2. The van der Waals surface area contributed by atoms with Crippen LogP contribution in [0.25, 0.3) is 0 Å². The van der Waals surface area contributed by atoms with Crippen LogP contribution in [0.4, 0.5) is 0 Å². The van der Waals surface area contributed by atoms with Crippen molar-refractivity contribution in [3.05, 3.63) is 0 Å². The number of hydrogen-bond acceptors (Lipinski definition) is 3. The number of rotatable bonds is 6. The Morgan fingerprint density at radius 3 is 2.56 bits per heavy atom. The predicted molar refractivity (Wildman–Crippen MR) is 66.1 cm³/mol. The third-order valence-electron chi connectivity index (χ3n) is 2.99. The topological polar surface area (TPSA) is 58.4 Å². The van der Waals surface area contributed by atoms with Crippen LogP contribution in [0.1, 0.15) is 33.1 Å². The van der Waals surface area contributed by atoms with Crippen LogP contribution >= 0.6 is 0 Å². The second-order valence-electron chi connectivity index (χ2n) is 5.08. The Morgan fingerprint density at radius 2 is 2.00 bits per heavy atom. The minimum absolute atomic E-state index is 0.00658. The first kappa shape index (κ1) is 13.5. The molecule has 16 heavy (non-hydrogen) atoms. The molecule has 4 heteroatoms. The predicted octanol–water partition coefficient (Wildman–Crippen LogP) is 0.572. The van der Waals surface area contributed by atoms with Crippen molar-refractivity contribution in [3.63, 3.8) is 0 Å². The Hall–Kier alpha value is -0.610. The summed E-state index contributed by atoms with van der Waals surface area (Å²) < 4.78 is 0. The van der Waals surface area contributed by atoms with Gasteiger partial charge in [0.2, 0.25) is 5.91 Å². The first-order chi connectivity index (χ1) is 7.59. The van der Waals surface area contributed by atoms with Crippen LogP contribution in [0.5, 0.6) is 0 Å². The lowest BCUT2D eigenvalue weighted by atomic mass is 10.0. The van der Waals surface area contributed by atoms with Crippen molar-refractivity contribution in [2.24, 2.45) is 11.7 Å². The molecule has 0 aromatic rings. The molecule has 0 radical (unpaired) electrons. The number of nitrogens with two attached hydrogens (primary N) is 1. The Balaban J connectivity index is 2.09. The molecule has 0 unspecified atom stereocenters. The van der Waals surface area contributed by atoms with Crippen molar-refractivity contribution in [2.75, 3.05) is 26.2 Å². The van der Waals surface area contributed by atoms with Crippen molar-refractivity contribution >= 4 is 5.91 Å². The number of carbonyl (C=O) groups is 1. The molecule has 1 atom stereocenters. The van der Waals surface area contributed by atoms with Crippen LogP contribution < -0.4 is 11.1 Å². The first-order valence-electron chi connectivity index (χ1n) is 6.35. The summed E-state index contributed by atoms with van der Waals surface area (Å²) in [4.78, 5) is 14.0. The van der Waals surface area contributed by atoms with E-state index in [0.29, 0.717) is 5.92 Å². The normalized spacial score (nSPS) is 19.0. The maximum Gasteiger partial charge on any atom is 0.236 e. The summed E-state index contributed by atoms with van der Waals surface area (Å²) in [5.74, 6) is 0.465. The van der Waals surface area contributed by atoms with Gasteiger partial charge in [0.25, 0.3) is 0 Å². The van der Waals surface area contributed by atoms with Crippen molar-refractivity contribution < 1.29 is 4.79 Å². The fourth-order valence-corrected chi connectivity index (χ4v) is 2.09. The number of nitrogens with one attached hydrogen (secondary N) is 1. The summed E-state index contributed by atoms with van der Waals surface area (Å²) in [6.07, 6.45) is 3.34. The van der Waals surface area contributed by atoms with Gasteiger partial charge in [0.1, 0.15) is 0 Å². The van der Waals surface area contributed by atoms with E-state index in [1.807, 2.05) is 0 Å². The molecule has 0 aromatic heterocycles. The molecule has 1 rings (SSSR count). The largest absolute Gasteiger partial charge is 0.353 e. The highest BCUT2D eigenvalue weighted by molar-refractivity contribution is 5.81. The number of carbonyl (C=O) groups excluding carboxylic acids is 1. The van der Waals surface area contributed by atoms with E-state index >= 15 is 0 Å². The van der Waals surface area contributed by atoms with Crippen LogP contribution in [0.3, 0.4) is 0 Å². The van der Waals surface area contributed by atoms with E-state index < -0.39 is 0 Å². The molecule has 4 nitrogen and oxygen atoms in total. The standard InChI is InChI=1S/C12H25N3O/c1-10(2)9-11(13)12(16)14-5-8-15-6-3-4-7-15/h10-11H,3-9,13H2,1-2H3,(H,14,16)/t11-/m0/s1. The van der Waals surface area contributed by atoms with Gasteiger partial charge in [0.15, 0.2) is 0 Å². The molecule has 0 aromatic carbocycles. The van der Waals surface area contributed by atoms with E-state index in [0.717, 1.165) is 19.5 Å². The molecule has 1 heterocycles. The van der Waals surface area contributed by atoms with Crippen LogP contribution in [0.15, 0.2) is 0 Å². The molecule has 3 N–H and O–H groups in total. The fourth-order valence-electron chi connectivity index (χ4n) is 2.09. The third-order valence-corrected chi connectivity index (χ3v) is 2.99. The van der Waals surface area contributed by atoms with Crippen molar-refractivity contribution in [3.8, 4) is 0 Å². The average molecular weight is 227 g/mol. The van der Waals surface area contributed by atoms with E-state index in [1.54, 1.807) is 0 Å². The average Bonchev–Trinajstić information content (AvgIpc) is 2.69. The number of nitrogens with zero attached hydrogens (tertiary/aromatic N) is 1. The van der Waals surface area contributed by atoms with E-state index in [9.17, 15) is 4.79 Å². The van der Waals surface area contributed by atoms with Gasteiger partial charge >= 0.3 is 0 Å². The van der Waals surface area contributed by atoms with E-state index in [2.05, 4.69) is 24.1 Å². The van der Waals surface area contributed by atoms with Crippen LogP contribution in [-0.4, -0.2) is 43.0 Å². The van der Waals surface area contributed by atoms with Gasteiger partial charge in [-0.05, 0) is 38.3 Å². The lowest BCUT2D eigenvalue weighted by molar-refractivity contribution is -0.122. The van der Waals surface area contributed by atoms with Crippen molar-refractivity contribution in [1.29, 1.82) is 0 Å². The summed E-state index contributed by atoms with van der Waals surface area (Å²) in [5, 5.41) is 2.91. The lowest BCUT2D eigenvalue weighted by Crippen LogP contribution is -2.43. The van der Waals surface area contributed by atoms with Gasteiger partial charge in [-0.15, -0.1) is 0 Å². The summed E-state index contributed by atoms with van der Waals surface area (Å²) in [5.41, 5.74) is 5.79. The van der Waals surface area contributed by atoms with Gasteiger partial charge in [-0.3, -0.25) is 4.79 Å². The molecule has 1 saturated heterocycles. The molecule has 1 fully saturated rings. The lowest BCUT2D eigenvalue weighted by Gasteiger charge is -2.17. The molecular weight excluding hydrogens is 202 g/mol. The van der Waals surface area contributed by atoms with Gasteiger partial charge in [0.05, 0.1) is 6.04 Å². The zero-order valence-electron chi connectivity index (χ0n) is 10.5. The maximum absolute atomic E-state index is 11.6. The monoisotopic (exact) mass is 227 g/mol. The van der Waals surface area contributed by atoms with Crippen LogP contribution in [0.2, 0.25) is 0 Å². The van der Waals surface area contributed by atoms with Gasteiger partial charge in [0, 0.05) is 13.1 Å². The van der Waals surface area contributed by atoms with Crippen LogP contribution in [-0.2, 0) is 4.79 Å². The molecule has 1 aliphatic rings. The summed E-state index contributed by atoms with van der Waals surface area (Å²) in [7, 11) is 0. The maximum atomic E-state index is 11.6. The van der Waals surface area contributed by atoms with Gasteiger partial charge in [-0.25, -0.2) is 0 Å². The molecule has 0 spiro atoms. The first-order valence-corrected chi connectivity index (χ1v) is 6.35. The fraction of sp³-hybridized carbons (Fsp3) is 0.917. The van der Waals surface area contributed by atoms with Gasteiger partial charge in [-0.1, -0.05) is 13.8 Å². The van der Waals surface area contributed by atoms with Crippen molar-refractivity contribution in [1.82, 2.24) is 10.2 Å². The smallest absolute Gasteiger partial charge is 0.236 e. The van der Waals surface area contributed by atoms with Gasteiger partial charge in [-0.2, -0.15) is 0 Å². The summed E-state index contributed by atoms with van der Waals surface area (Å²) in [6, 6.07) is -0.349. The zero-order valence-corrected chi connectivity index (χ0v) is 10.5. The molecule has 0 aliphatic carbocycles. The minimum atomic E-state index is -0.349. The van der Waals surface area contributed by atoms with E-state index in [-0.39, 0.29) is 11.9 Å². The summed E-state index contributed by atoms with van der Waals surface area (Å²) >= 11 is 0. The summed E-state index contributed by atoms with van der Waals surface area (Å²) in [6.45, 7) is 8.20. The third kappa shape index (κ3) is 4.94.